The van der Waals surface area contributed by atoms with Crippen molar-refractivity contribution < 1.29 is 23.9 Å². The summed E-state index contributed by atoms with van der Waals surface area (Å²) >= 11 is 0. The Balaban J connectivity index is 1.51. The first-order chi connectivity index (χ1) is 19.8. The highest BCUT2D eigenvalue weighted by Crippen LogP contribution is 2.46. The fraction of sp³-hybridized carbons (Fsp3) is 0.469. The van der Waals surface area contributed by atoms with Gasteiger partial charge in [-0.25, -0.2) is 4.79 Å². The van der Waals surface area contributed by atoms with Crippen molar-refractivity contribution in [2.75, 3.05) is 11.9 Å². The zero-order chi connectivity index (χ0) is 30.7. The Kier molecular flexibility index (Phi) is 8.90. The van der Waals surface area contributed by atoms with Crippen LogP contribution in [0.4, 0.5) is 10.5 Å². The van der Waals surface area contributed by atoms with Gasteiger partial charge in [-0.3, -0.25) is 14.4 Å². The van der Waals surface area contributed by atoms with E-state index >= 15 is 0 Å². The minimum atomic E-state index is -1.03. The van der Waals surface area contributed by atoms with E-state index in [1.165, 1.54) is 4.90 Å². The van der Waals surface area contributed by atoms with E-state index in [4.69, 9.17) is 4.74 Å². The molecule has 10 heteroatoms. The highest BCUT2D eigenvalue weighted by Gasteiger charge is 2.56. The molecule has 2 heterocycles. The van der Waals surface area contributed by atoms with Gasteiger partial charge in [-0.2, -0.15) is 5.26 Å². The molecule has 1 saturated heterocycles. The molecule has 1 fully saturated rings. The molecule has 4 amide bonds. The number of nitrogens with one attached hydrogen (secondary N) is 3. The molecule has 0 aromatic heterocycles. The number of anilines is 1. The average Bonchev–Trinajstić information content (AvgIpc) is 3.47. The first-order valence-electron chi connectivity index (χ1n) is 14.2. The molecule has 3 N–H and O–H groups in total. The summed E-state index contributed by atoms with van der Waals surface area (Å²) in [5, 5.41) is 18.4. The summed E-state index contributed by atoms with van der Waals surface area (Å²) in [6, 6.07) is 15.9. The molecule has 222 valence electrons. The summed E-state index contributed by atoms with van der Waals surface area (Å²) < 4.78 is 5.31. The van der Waals surface area contributed by atoms with Crippen LogP contribution in [0.3, 0.4) is 0 Å². The van der Waals surface area contributed by atoms with Gasteiger partial charge in [-0.05, 0) is 34.9 Å². The maximum Gasteiger partial charge on any atom is 0.408 e. The van der Waals surface area contributed by atoms with E-state index < -0.39 is 41.4 Å². The fourth-order valence-corrected chi connectivity index (χ4v) is 5.69. The van der Waals surface area contributed by atoms with E-state index in [1.807, 2.05) is 69.3 Å². The molecule has 2 aliphatic heterocycles. The molecule has 2 aromatic carbocycles. The molecule has 0 bridgehead atoms. The lowest BCUT2D eigenvalue weighted by atomic mass is 9.80. The van der Waals surface area contributed by atoms with Crippen molar-refractivity contribution in [2.45, 2.75) is 77.6 Å². The van der Waals surface area contributed by atoms with Crippen LogP contribution in [0.5, 0.6) is 0 Å². The molecule has 2 aliphatic rings. The number of hydrogen-bond donors (Lipinski definition) is 3. The topological polar surface area (TPSA) is 141 Å². The lowest BCUT2D eigenvalue weighted by Gasteiger charge is -2.32. The number of nitrogens with zero attached hydrogens (tertiary/aromatic N) is 2. The molecule has 0 radical (unpaired) electrons. The summed E-state index contributed by atoms with van der Waals surface area (Å²) in [6.45, 7) is 9.50. The number of para-hydroxylation sites is 1. The Morgan fingerprint density at radius 3 is 2.40 bits per heavy atom. The molecule has 2 aromatic rings. The first-order valence-corrected chi connectivity index (χ1v) is 14.2. The van der Waals surface area contributed by atoms with Crippen LogP contribution in [0.15, 0.2) is 54.6 Å². The number of ether oxygens (including phenoxy) is 1. The van der Waals surface area contributed by atoms with Gasteiger partial charge in [0.1, 0.15) is 24.7 Å². The minimum Gasteiger partial charge on any atom is -0.445 e. The van der Waals surface area contributed by atoms with Crippen molar-refractivity contribution in [3.8, 4) is 6.07 Å². The average molecular weight is 574 g/mol. The lowest BCUT2D eigenvalue weighted by Crippen LogP contribution is -2.57. The van der Waals surface area contributed by atoms with Crippen LogP contribution in [0.1, 0.15) is 58.6 Å². The molecule has 10 nitrogen and oxygen atoms in total. The maximum absolute atomic E-state index is 14.1. The summed E-state index contributed by atoms with van der Waals surface area (Å²) in [6.07, 6.45) is -0.300. The molecule has 0 saturated carbocycles. The second-order valence-electron chi connectivity index (χ2n) is 12.7. The molecule has 0 unspecified atom stereocenters. The van der Waals surface area contributed by atoms with Crippen LogP contribution in [-0.4, -0.2) is 53.4 Å². The highest BCUT2D eigenvalue weighted by atomic mass is 16.5. The van der Waals surface area contributed by atoms with Gasteiger partial charge >= 0.3 is 6.09 Å². The Hall–Kier alpha value is -4.39. The SMILES string of the molecule is CC(C)[C@H](NC(=O)OCc1ccccc1)C(=O)N[C@@H](CC(C)(C)C)C(=O)N1C[C@]2(C[C@H]1C#N)C(=O)Nc1ccccc12. The van der Waals surface area contributed by atoms with Crippen LogP contribution >= 0.6 is 0 Å². The van der Waals surface area contributed by atoms with Gasteiger partial charge in [0.2, 0.25) is 17.7 Å². The zero-order valence-electron chi connectivity index (χ0n) is 24.8. The standard InChI is InChI=1S/C32H39N5O5/c1-20(2)26(36-30(41)42-18-21-11-7-6-8-12-21)27(38)34-25(16-31(3,4)5)28(39)37-19-32(15-22(37)17-33)23-13-9-10-14-24(23)35-29(32)40/h6-14,20,22,25-26H,15-16,18-19H2,1-5H3,(H,34,38)(H,35,40)(H,36,41)/t22-,25-,26-,32-/m0/s1. The second-order valence-corrected chi connectivity index (χ2v) is 12.7. The van der Waals surface area contributed by atoms with Gasteiger partial charge in [-0.1, -0.05) is 83.1 Å². The molecular weight excluding hydrogens is 534 g/mol. The molecular formula is C32H39N5O5. The number of likely N-dealkylation sites (tertiary alicyclic amines) is 1. The van der Waals surface area contributed by atoms with Gasteiger partial charge in [0.25, 0.3) is 0 Å². The Morgan fingerprint density at radius 2 is 1.76 bits per heavy atom. The van der Waals surface area contributed by atoms with E-state index in [-0.39, 0.29) is 43.2 Å². The third-order valence-corrected chi connectivity index (χ3v) is 7.78. The van der Waals surface area contributed by atoms with E-state index in [0.717, 1.165) is 11.1 Å². The smallest absolute Gasteiger partial charge is 0.408 e. The Morgan fingerprint density at radius 1 is 1.10 bits per heavy atom. The van der Waals surface area contributed by atoms with Crippen LogP contribution in [0, 0.1) is 22.7 Å². The number of amides is 4. The number of rotatable bonds is 8. The van der Waals surface area contributed by atoms with E-state index in [0.29, 0.717) is 5.69 Å². The Labute approximate surface area is 246 Å². The predicted octanol–water partition coefficient (Wildman–Crippen LogP) is 3.87. The van der Waals surface area contributed by atoms with Crippen molar-refractivity contribution >= 4 is 29.5 Å². The number of hydrogen-bond acceptors (Lipinski definition) is 6. The molecule has 1 spiro atoms. The normalized spacial score (nSPS) is 20.8. The highest BCUT2D eigenvalue weighted by molar-refractivity contribution is 6.07. The van der Waals surface area contributed by atoms with Crippen molar-refractivity contribution in [2.24, 2.45) is 11.3 Å². The lowest BCUT2D eigenvalue weighted by molar-refractivity contribution is -0.138. The van der Waals surface area contributed by atoms with Crippen LogP contribution in [-0.2, 0) is 31.1 Å². The van der Waals surface area contributed by atoms with Crippen molar-refractivity contribution in [1.29, 1.82) is 5.26 Å². The van der Waals surface area contributed by atoms with E-state index in [1.54, 1.807) is 19.9 Å². The third-order valence-electron chi connectivity index (χ3n) is 7.78. The molecule has 4 atom stereocenters. The van der Waals surface area contributed by atoms with Gasteiger partial charge in [-0.15, -0.1) is 0 Å². The van der Waals surface area contributed by atoms with Gasteiger partial charge in [0.05, 0.1) is 11.5 Å². The molecule has 0 aliphatic carbocycles. The van der Waals surface area contributed by atoms with Crippen molar-refractivity contribution in [1.82, 2.24) is 15.5 Å². The number of benzene rings is 2. The maximum atomic E-state index is 14.1. The second kappa shape index (κ2) is 12.2. The quantitative estimate of drug-likeness (QED) is 0.438. The number of carbonyl (C=O) groups is 4. The van der Waals surface area contributed by atoms with Crippen molar-refractivity contribution in [3.63, 3.8) is 0 Å². The van der Waals surface area contributed by atoms with E-state index in [2.05, 4.69) is 22.0 Å². The van der Waals surface area contributed by atoms with Gasteiger partial charge in [0.15, 0.2) is 0 Å². The summed E-state index contributed by atoms with van der Waals surface area (Å²) in [5.41, 5.74) is 0.856. The first kappa shape index (κ1) is 30.6. The Bertz CT molecular complexity index is 1380. The minimum absolute atomic E-state index is 0.0289. The van der Waals surface area contributed by atoms with Crippen LogP contribution < -0.4 is 16.0 Å². The number of fused-ring (bicyclic) bond motifs is 2. The van der Waals surface area contributed by atoms with Crippen LogP contribution in [0.25, 0.3) is 0 Å². The predicted molar refractivity (Wildman–Crippen MR) is 157 cm³/mol. The largest absolute Gasteiger partial charge is 0.445 e. The van der Waals surface area contributed by atoms with Crippen molar-refractivity contribution in [3.05, 3.63) is 65.7 Å². The summed E-state index contributed by atoms with van der Waals surface area (Å²) in [4.78, 5) is 54.8. The number of alkyl carbamates (subject to hydrolysis) is 1. The van der Waals surface area contributed by atoms with E-state index in [9.17, 15) is 24.4 Å². The number of carbonyl (C=O) groups excluding carboxylic acids is 4. The summed E-state index contributed by atoms with van der Waals surface area (Å²) in [5.74, 6) is -1.52. The zero-order valence-corrected chi connectivity index (χ0v) is 24.8. The monoisotopic (exact) mass is 573 g/mol. The summed E-state index contributed by atoms with van der Waals surface area (Å²) in [7, 11) is 0. The molecule has 4 rings (SSSR count). The molecule has 42 heavy (non-hydrogen) atoms. The van der Waals surface area contributed by atoms with Gasteiger partial charge in [0, 0.05) is 18.7 Å². The van der Waals surface area contributed by atoms with Gasteiger partial charge < -0.3 is 25.6 Å². The van der Waals surface area contributed by atoms with Crippen LogP contribution in [0.2, 0.25) is 0 Å². The fourth-order valence-electron chi connectivity index (χ4n) is 5.69. The third kappa shape index (κ3) is 6.56. The number of nitriles is 1.